The van der Waals surface area contributed by atoms with Crippen LogP contribution in [0.3, 0.4) is 0 Å². The van der Waals surface area contributed by atoms with Crippen molar-refractivity contribution in [2.24, 2.45) is 33.7 Å². The zero-order valence-electron chi connectivity index (χ0n) is 15.3. The highest BCUT2D eigenvalue weighted by atomic mass is 32.1. The van der Waals surface area contributed by atoms with Crippen LogP contribution in [-0.2, 0) is 0 Å². The maximum absolute atomic E-state index is 5.02. The van der Waals surface area contributed by atoms with Gasteiger partial charge in [0.2, 0.25) is 0 Å². The molecule has 0 aliphatic heterocycles. The first-order valence-electron chi connectivity index (χ1n) is 8.81. The third-order valence-corrected chi connectivity index (χ3v) is 5.48. The smallest absolute Gasteiger partial charge is 0.0985 e. The van der Waals surface area contributed by atoms with Crippen molar-refractivity contribution in [2.45, 2.75) is 45.2 Å². The Bertz CT molecular complexity index is 643. The molecule has 0 saturated heterocycles. The molecule has 4 atom stereocenters. The molecule has 132 valence electrons. The molecule has 0 radical (unpaired) electrons. The Hall–Kier alpha value is -1.44. The van der Waals surface area contributed by atoms with Gasteiger partial charge in [-0.15, -0.1) is 0 Å². The molecule has 0 heterocycles. The van der Waals surface area contributed by atoms with Crippen LogP contribution in [0.1, 0.15) is 34.1 Å². The fourth-order valence-electron chi connectivity index (χ4n) is 4.25. The average Bonchev–Trinajstić information content (AvgIpc) is 2.55. The Morgan fingerprint density at radius 3 is 1.52 bits per heavy atom. The number of hydrogen-bond donors (Lipinski definition) is 0. The van der Waals surface area contributed by atoms with Gasteiger partial charge in [-0.1, -0.05) is 76.3 Å². The van der Waals surface area contributed by atoms with Gasteiger partial charge in [0.25, 0.3) is 0 Å². The highest BCUT2D eigenvalue weighted by Gasteiger charge is 2.48. The summed E-state index contributed by atoms with van der Waals surface area (Å²) in [7, 11) is 0. The Morgan fingerprint density at radius 2 is 1.20 bits per heavy atom. The number of isothiocyanates is 2. The minimum absolute atomic E-state index is 0.234. The highest BCUT2D eigenvalue weighted by molar-refractivity contribution is 7.78. The van der Waals surface area contributed by atoms with Crippen LogP contribution in [0.15, 0.2) is 58.6 Å². The molecule has 0 aromatic heterocycles. The van der Waals surface area contributed by atoms with E-state index >= 15 is 0 Å². The van der Waals surface area contributed by atoms with E-state index in [9.17, 15) is 0 Å². The molecule has 2 rings (SSSR count). The summed E-state index contributed by atoms with van der Waals surface area (Å²) in [5.41, 5.74) is -0.938. The number of rotatable bonds is 6. The molecule has 0 saturated carbocycles. The minimum Gasteiger partial charge on any atom is -0.221 e. The maximum atomic E-state index is 5.02. The van der Waals surface area contributed by atoms with Crippen molar-refractivity contribution in [3.05, 3.63) is 48.6 Å². The van der Waals surface area contributed by atoms with Crippen LogP contribution in [0.5, 0.6) is 0 Å². The van der Waals surface area contributed by atoms with Gasteiger partial charge >= 0.3 is 0 Å². The summed E-state index contributed by atoms with van der Waals surface area (Å²) >= 11 is 10.0. The molecular weight excluding hydrogens is 344 g/mol. The topological polar surface area (TPSA) is 24.7 Å². The zero-order chi connectivity index (χ0) is 18.5. The summed E-state index contributed by atoms with van der Waals surface area (Å²) < 4.78 is 0. The molecule has 0 fully saturated rings. The van der Waals surface area contributed by atoms with E-state index in [1.165, 1.54) is 0 Å². The SMILES string of the molecule is CC(C)C1C=CC=CC1(CC1(N=C=S)C=CC=CC1C(C)C)N=C=S. The molecule has 2 aliphatic rings. The summed E-state index contributed by atoms with van der Waals surface area (Å²) in [6.45, 7) is 8.86. The lowest BCUT2D eigenvalue weighted by atomic mass is 9.63. The van der Waals surface area contributed by atoms with Crippen molar-refractivity contribution in [1.29, 1.82) is 0 Å². The van der Waals surface area contributed by atoms with Gasteiger partial charge in [-0.25, -0.2) is 9.98 Å². The van der Waals surface area contributed by atoms with Crippen molar-refractivity contribution >= 4 is 34.8 Å². The van der Waals surface area contributed by atoms with Crippen LogP contribution in [0, 0.1) is 23.7 Å². The van der Waals surface area contributed by atoms with Gasteiger partial charge < -0.3 is 0 Å². The second-order valence-electron chi connectivity index (χ2n) is 7.59. The van der Waals surface area contributed by atoms with Crippen LogP contribution < -0.4 is 0 Å². The molecule has 4 heteroatoms. The van der Waals surface area contributed by atoms with E-state index in [1.54, 1.807) is 0 Å². The van der Waals surface area contributed by atoms with E-state index in [4.69, 9.17) is 24.4 Å². The lowest BCUT2D eigenvalue weighted by Crippen LogP contribution is -2.48. The van der Waals surface area contributed by atoms with Crippen LogP contribution >= 0.6 is 24.4 Å². The lowest BCUT2D eigenvalue weighted by Gasteiger charge is -2.45. The first-order valence-corrected chi connectivity index (χ1v) is 9.62. The largest absolute Gasteiger partial charge is 0.221 e. The van der Waals surface area contributed by atoms with Gasteiger partial charge in [0.15, 0.2) is 0 Å². The van der Waals surface area contributed by atoms with Crippen molar-refractivity contribution < 1.29 is 0 Å². The number of aliphatic imine (C=N–C) groups is 2. The van der Waals surface area contributed by atoms with Gasteiger partial charge in [-0.3, -0.25) is 0 Å². The molecule has 0 amide bonds. The fraction of sp³-hybridized carbons (Fsp3) is 0.524. The van der Waals surface area contributed by atoms with Crippen LogP contribution in [0.2, 0.25) is 0 Å². The van der Waals surface area contributed by atoms with Crippen molar-refractivity contribution in [3.8, 4) is 0 Å². The third kappa shape index (κ3) is 4.04. The lowest BCUT2D eigenvalue weighted by molar-refractivity contribution is 0.208. The summed E-state index contributed by atoms with van der Waals surface area (Å²) in [4.78, 5) is 9.36. The van der Waals surface area contributed by atoms with Gasteiger partial charge in [0.1, 0.15) is 0 Å². The second-order valence-corrected chi connectivity index (χ2v) is 7.96. The van der Waals surface area contributed by atoms with Crippen molar-refractivity contribution in [1.82, 2.24) is 0 Å². The Labute approximate surface area is 162 Å². The first kappa shape index (κ1) is 19.9. The average molecular weight is 371 g/mol. The minimum atomic E-state index is -0.469. The highest BCUT2D eigenvalue weighted by Crippen LogP contribution is 2.46. The Morgan fingerprint density at radius 1 is 0.800 bits per heavy atom. The maximum Gasteiger partial charge on any atom is 0.0985 e. The predicted molar refractivity (Wildman–Crippen MR) is 113 cm³/mol. The number of hydrogen-bond acceptors (Lipinski definition) is 4. The quantitative estimate of drug-likeness (QED) is 0.432. The fourth-order valence-corrected chi connectivity index (χ4v) is 4.59. The number of nitrogens with zero attached hydrogens (tertiary/aromatic N) is 2. The van der Waals surface area contributed by atoms with E-state index in [0.717, 1.165) is 0 Å². The van der Waals surface area contributed by atoms with Crippen LogP contribution in [0.4, 0.5) is 0 Å². The van der Waals surface area contributed by atoms with E-state index in [2.05, 4.69) is 96.6 Å². The monoisotopic (exact) mass is 370 g/mol. The molecule has 0 bridgehead atoms. The zero-order valence-corrected chi connectivity index (χ0v) is 17.0. The molecule has 4 unspecified atom stereocenters. The summed E-state index contributed by atoms with van der Waals surface area (Å²) in [5, 5.41) is 5.30. The second kappa shape index (κ2) is 8.29. The summed E-state index contributed by atoms with van der Waals surface area (Å²) in [5.74, 6) is 1.30. The van der Waals surface area contributed by atoms with Crippen molar-refractivity contribution in [2.75, 3.05) is 0 Å². The number of allylic oxidation sites excluding steroid dienone is 4. The molecular formula is C21H26N2S2. The van der Waals surface area contributed by atoms with E-state index in [-0.39, 0.29) is 11.8 Å². The predicted octanol–water partition coefficient (Wildman–Crippen LogP) is 5.86. The normalized spacial score (nSPS) is 33.4. The Balaban J connectivity index is 2.59. The van der Waals surface area contributed by atoms with E-state index in [0.29, 0.717) is 18.3 Å². The molecule has 25 heavy (non-hydrogen) atoms. The van der Waals surface area contributed by atoms with E-state index < -0.39 is 11.1 Å². The van der Waals surface area contributed by atoms with Crippen LogP contribution in [-0.4, -0.2) is 21.4 Å². The third-order valence-electron chi connectivity index (χ3n) is 5.29. The Kier molecular flexibility index (Phi) is 6.59. The molecule has 0 aromatic carbocycles. The van der Waals surface area contributed by atoms with Crippen LogP contribution in [0.25, 0.3) is 0 Å². The summed E-state index contributed by atoms with van der Waals surface area (Å²) in [6.07, 6.45) is 17.7. The molecule has 2 aliphatic carbocycles. The first-order chi connectivity index (χ1) is 11.9. The standard InChI is InChI=1S/C21H26N2S2/c1-16(2)18-9-5-7-11-20(18,22-14-24)13-21(23-15-25)12-8-6-10-19(21)17(3)4/h5-12,16-19H,13H2,1-4H3. The van der Waals surface area contributed by atoms with E-state index in [1.807, 2.05) is 0 Å². The van der Waals surface area contributed by atoms with Gasteiger partial charge in [0, 0.05) is 18.3 Å². The van der Waals surface area contributed by atoms with Gasteiger partial charge in [0.05, 0.1) is 21.4 Å². The molecule has 2 nitrogen and oxygen atoms in total. The molecule has 0 aromatic rings. The van der Waals surface area contributed by atoms with Gasteiger partial charge in [-0.05, 0) is 36.3 Å². The molecule has 0 spiro atoms. The summed E-state index contributed by atoms with van der Waals surface area (Å²) in [6, 6.07) is 0. The molecule has 0 N–H and O–H groups in total. The van der Waals surface area contributed by atoms with Gasteiger partial charge in [-0.2, -0.15) is 0 Å². The number of thiocarbonyl (C=S) groups is 2. The van der Waals surface area contributed by atoms with Crippen molar-refractivity contribution in [3.63, 3.8) is 0 Å².